The Morgan fingerprint density at radius 1 is 0.944 bits per heavy atom. The van der Waals surface area contributed by atoms with Gasteiger partial charge in [-0.1, -0.05) is 32.9 Å². The smallest absolute Gasteiger partial charge is 0.417 e. The van der Waals surface area contributed by atoms with Gasteiger partial charge < -0.3 is 34.9 Å². The molecule has 71 heavy (non-hydrogen) atoms. The molecule has 3 aromatic rings. The van der Waals surface area contributed by atoms with Crippen LogP contribution in [0.25, 0.3) is 0 Å². The monoisotopic (exact) mass is 989 g/mol. The maximum Gasteiger partial charge on any atom is 0.417 e. The Morgan fingerprint density at radius 2 is 1.65 bits per heavy atom. The number of ketones is 1. The number of nitriles is 1. The lowest BCUT2D eigenvalue weighted by Gasteiger charge is -2.35. The number of unbranched alkanes of at least 4 members (excludes halogenated alkanes) is 2. The molecule has 20 heteroatoms. The molecule has 5 amide bonds. The quantitative estimate of drug-likeness (QED) is 0.0908. The number of rotatable bonds is 21. The molecular formula is C51H62F3N7O10. The minimum atomic E-state index is -4.84. The second-order valence-electron chi connectivity index (χ2n) is 19.5. The van der Waals surface area contributed by atoms with Crippen molar-refractivity contribution in [2.24, 2.45) is 5.41 Å². The summed E-state index contributed by atoms with van der Waals surface area (Å²) in [5, 5.41) is 25.3. The number of aliphatic hydroxyl groups excluding tert-OH is 1. The molecule has 0 spiro atoms. The van der Waals surface area contributed by atoms with Crippen LogP contribution < -0.4 is 25.2 Å². The largest absolute Gasteiger partial charge is 0.494 e. The molecule has 0 aliphatic carbocycles. The number of Topliss-reactive ketones (excluding diaryl/α,β-unsaturated/α-hetero) is 1. The number of nitrogens with one attached hydrogen (secondary N) is 2. The van der Waals surface area contributed by atoms with Crippen LogP contribution >= 0.6 is 0 Å². The molecule has 2 aromatic carbocycles. The number of ether oxygens (including phenoxy) is 3. The second-order valence-corrected chi connectivity index (χ2v) is 19.5. The number of halogens is 3. The number of benzene rings is 2. The summed E-state index contributed by atoms with van der Waals surface area (Å²) in [6, 6.07) is 12.5. The van der Waals surface area contributed by atoms with Gasteiger partial charge in [0.1, 0.15) is 41.7 Å². The molecule has 1 aromatic heterocycles. The highest BCUT2D eigenvalue weighted by Gasteiger charge is 2.54. The molecule has 0 radical (unpaired) electrons. The molecule has 382 valence electrons. The number of hydrogen-bond acceptors (Lipinski definition) is 12. The van der Waals surface area contributed by atoms with Crippen molar-refractivity contribution in [1.29, 1.82) is 5.26 Å². The second kappa shape index (κ2) is 23.2. The SMILES string of the molecule is CC(C)(C)[C@H](NC(=O)COCCCOCCCCCOc1ccc(N2C(=O)C(c3ccc(C#N)c(C(F)(F)F)c3)C(=O)C2(C)C)cc1)C(=O)N1C[C@H](O)CC1C(=O)NCc1ccc(N2CCCC2=O)nc1. The molecule has 3 aliphatic rings. The predicted molar refractivity (Wildman–Crippen MR) is 253 cm³/mol. The number of hydrogen-bond donors (Lipinski definition) is 3. The van der Waals surface area contributed by atoms with Gasteiger partial charge in [-0.15, -0.1) is 0 Å². The first-order valence-corrected chi connectivity index (χ1v) is 23.8. The van der Waals surface area contributed by atoms with Gasteiger partial charge in [-0.05, 0) is 105 Å². The molecule has 4 heterocycles. The van der Waals surface area contributed by atoms with Crippen LogP contribution in [0.15, 0.2) is 60.8 Å². The standard InChI is InChI=1S/C51H62F3N7O10/c1-49(2,3)44(48(68)60-30-36(62)26-39(60)46(66)57-29-32-12-19-40(56-28-32)59-20-9-11-42(59)64)58-41(63)31-70-23-10-22-69-21-7-6-8-24-71-37-17-15-35(16-18-37)61-47(67)43(45(65)50(61,4)5)33-13-14-34(27-55)38(25-33)51(52,53)54/h12-19,25,28,36,39,43-44,62H,6-11,20-24,26,29-31H2,1-5H3,(H,57,66)(H,58,63)/t36-,39?,43?,44-/m1/s1. The highest BCUT2D eigenvalue weighted by atomic mass is 19.4. The number of alkyl halides is 3. The fourth-order valence-electron chi connectivity index (χ4n) is 8.89. The van der Waals surface area contributed by atoms with E-state index in [1.807, 2.05) is 0 Å². The van der Waals surface area contributed by atoms with Crippen LogP contribution in [0.1, 0.15) is 108 Å². The summed E-state index contributed by atoms with van der Waals surface area (Å²) in [5.41, 5.74) is -2.95. The number of carbonyl (C=O) groups excluding carboxylic acids is 6. The van der Waals surface area contributed by atoms with Crippen LogP contribution in [-0.2, 0) is 51.0 Å². The Labute approximate surface area is 411 Å². The summed E-state index contributed by atoms with van der Waals surface area (Å²) in [4.78, 5) is 88.0. The summed E-state index contributed by atoms with van der Waals surface area (Å²) in [6.45, 7) is 10.4. The van der Waals surface area contributed by atoms with Gasteiger partial charge in [-0.3, -0.25) is 38.6 Å². The van der Waals surface area contributed by atoms with Crippen molar-refractivity contribution in [3.8, 4) is 11.8 Å². The van der Waals surface area contributed by atoms with Crippen molar-refractivity contribution >= 4 is 46.8 Å². The zero-order valence-corrected chi connectivity index (χ0v) is 40.7. The molecular weight excluding hydrogens is 928 g/mol. The van der Waals surface area contributed by atoms with Crippen LogP contribution in [0.3, 0.4) is 0 Å². The maximum atomic E-state index is 13.9. The van der Waals surface area contributed by atoms with Gasteiger partial charge in [0.2, 0.25) is 29.5 Å². The Morgan fingerprint density at radius 3 is 2.30 bits per heavy atom. The van der Waals surface area contributed by atoms with Gasteiger partial charge in [0.15, 0.2) is 5.78 Å². The van der Waals surface area contributed by atoms with Crippen LogP contribution in [-0.4, -0.2) is 120 Å². The normalized spacial score (nSPS) is 19.5. The van der Waals surface area contributed by atoms with Crippen molar-refractivity contribution in [1.82, 2.24) is 20.5 Å². The average Bonchev–Trinajstić information content (AvgIpc) is 3.99. The number of β-amino-alcohol motifs (C(OH)–C–C–N with tert-alkyl or cyclic N) is 1. The number of nitrogens with zero attached hydrogens (tertiary/aromatic N) is 5. The van der Waals surface area contributed by atoms with Crippen LogP contribution in [0.2, 0.25) is 0 Å². The summed E-state index contributed by atoms with van der Waals surface area (Å²) < 4.78 is 58.1. The van der Waals surface area contributed by atoms with Crippen molar-refractivity contribution < 1.29 is 61.3 Å². The van der Waals surface area contributed by atoms with Crippen LogP contribution in [0.4, 0.5) is 24.7 Å². The van der Waals surface area contributed by atoms with E-state index >= 15 is 0 Å². The molecule has 3 N–H and O–H groups in total. The van der Waals surface area contributed by atoms with E-state index in [1.54, 1.807) is 68.3 Å². The first kappa shape index (κ1) is 53.9. The molecule has 6 rings (SSSR count). The number of amides is 5. The molecule has 0 saturated carbocycles. The van der Waals surface area contributed by atoms with E-state index in [2.05, 4.69) is 15.6 Å². The molecule has 3 fully saturated rings. The number of anilines is 2. The van der Waals surface area contributed by atoms with E-state index in [1.165, 1.54) is 35.8 Å². The Balaban J connectivity index is 0.848. The van der Waals surface area contributed by atoms with E-state index in [-0.39, 0.29) is 44.2 Å². The lowest BCUT2D eigenvalue weighted by molar-refractivity contribution is -0.144. The minimum Gasteiger partial charge on any atom is -0.494 e. The minimum absolute atomic E-state index is 0.0213. The molecule has 2 unspecified atom stereocenters. The lowest BCUT2D eigenvalue weighted by Crippen LogP contribution is -2.58. The predicted octanol–water partition coefficient (Wildman–Crippen LogP) is 5.36. The number of likely N-dealkylation sites (tertiary alicyclic amines) is 1. The molecule has 3 aliphatic heterocycles. The van der Waals surface area contributed by atoms with Crippen molar-refractivity contribution in [3.63, 3.8) is 0 Å². The van der Waals surface area contributed by atoms with Gasteiger partial charge in [-0.2, -0.15) is 18.4 Å². The number of aliphatic hydroxyl groups is 1. The Bertz CT molecular complexity index is 2450. The van der Waals surface area contributed by atoms with Gasteiger partial charge in [0, 0.05) is 64.2 Å². The Kier molecular flexibility index (Phi) is 17.6. The van der Waals surface area contributed by atoms with E-state index in [4.69, 9.17) is 19.5 Å². The third kappa shape index (κ3) is 13.3. The Hall–Kier alpha value is -6.43. The van der Waals surface area contributed by atoms with E-state index in [0.29, 0.717) is 68.1 Å². The molecule has 4 atom stereocenters. The van der Waals surface area contributed by atoms with Crippen LogP contribution in [0, 0.1) is 16.7 Å². The topological polar surface area (TPSA) is 221 Å². The van der Waals surface area contributed by atoms with Crippen molar-refractivity contribution in [3.05, 3.63) is 83.0 Å². The first-order chi connectivity index (χ1) is 33.6. The van der Waals surface area contributed by atoms with Crippen molar-refractivity contribution in [2.75, 3.05) is 55.9 Å². The summed E-state index contributed by atoms with van der Waals surface area (Å²) >= 11 is 0. The van der Waals surface area contributed by atoms with Gasteiger partial charge in [0.05, 0.1) is 29.9 Å². The van der Waals surface area contributed by atoms with Crippen LogP contribution in [0.5, 0.6) is 5.75 Å². The third-order valence-electron chi connectivity index (χ3n) is 12.7. The summed E-state index contributed by atoms with van der Waals surface area (Å²) in [6.07, 6.45) is -0.0385. The van der Waals surface area contributed by atoms with E-state index in [0.717, 1.165) is 31.7 Å². The summed E-state index contributed by atoms with van der Waals surface area (Å²) in [5.74, 6) is -3.04. The third-order valence-corrected chi connectivity index (χ3v) is 12.7. The van der Waals surface area contributed by atoms with Gasteiger partial charge in [-0.25, -0.2) is 4.98 Å². The number of carbonyl (C=O) groups is 6. The highest BCUT2D eigenvalue weighted by Crippen LogP contribution is 2.42. The fraction of sp³-hybridized carbons (Fsp3) is 0.529. The van der Waals surface area contributed by atoms with E-state index < -0.39 is 81.8 Å². The fourth-order valence-corrected chi connectivity index (χ4v) is 8.89. The summed E-state index contributed by atoms with van der Waals surface area (Å²) in [7, 11) is 0. The zero-order valence-electron chi connectivity index (χ0n) is 40.7. The van der Waals surface area contributed by atoms with E-state index in [9.17, 15) is 47.0 Å². The lowest BCUT2D eigenvalue weighted by atomic mass is 9.85. The van der Waals surface area contributed by atoms with Gasteiger partial charge in [0.25, 0.3) is 0 Å². The number of pyridine rings is 1. The molecule has 0 bridgehead atoms. The average molecular weight is 990 g/mol. The first-order valence-electron chi connectivity index (χ1n) is 23.8. The number of aromatic nitrogens is 1. The van der Waals surface area contributed by atoms with Crippen molar-refractivity contribution in [2.45, 2.75) is 122 Å². The highest BCUT2D eigenvalue weighted by molar-refractivity contribution is 6.25. The molecule has 17 nitrogen and oxygen atoms in total. The van der Waals surface area contributed by atoms with Gasteiger partial charge >= 0.3 is 6.18 Å². The maximum absolute atomic E-state index is 13.9. The molecule has 3 saturated heterocycles. The zero-order chi connectivity index (χ0) is 51.7.